The molecular weight excluding hydrogens is 508 g/mol. The van der Waals surface area contributed by atoms with Gasteiger partial charge in [0.05, 0.1) is 11.7 Å². The lowest BCUT2D eigenvalue weighted by Gasteiger charge is -2.34. The molecule has 10 heteroatoms. The van der Waals surface area contributed by atoms with E-state index in [2.05, 4.69) is 19.8 Å². The van der Waals surface area contributed by atoms with Crippen LogP contribution in [0.3, 0.4) is 0 Å². The molecule has 0 bridgehead atoms. The molecule has 0 unspecified atom stereocenters. The lowest BCUT2D eigenvalue weighted by Crippen LogP contribution is -2.42. The molecule has 1 aromatic carbocycles. The Labute approximate surface area is 235 Å². The molecule has 5 rings (SSSR count). The molecule has 1 N–H and O–H groups in total. The Morgan fingerprint density at radius 2 is 1.75 bits per heavy atom. The average Bonchev–Trinajstić information content (AvgIpc) is 3.30. The van der Waals surface area contributed by atoms with Crippen molar-refractivity contribution < 1.29 is 19.1 Å². The first-order chi connectivity index (χ1) is 19.3. The van der Waals surface area contributed by atoms with Crippen molar-refractivity contribution in [2.24, 2.45) is 0 Å². The first-order valence-corrected chi connectivity index (χ1v) is 14.3. The van der Waals surface area contributed by atoms with Crippen molar-refractivity contribution in [3.8, 4) is 5.88 Å². The molecule has 2 saturated heterocycles. The number of imidazole rings is 1. The summed E-state index contributed by atoms with van der Waals surface area (Å²) >= 11 is 0. The third-order valence-electron chi connectivity index (χ3n) is 7.40. The van der Waals surface area contributed by atoms with E-state index in [-0.39, 0.29) is 18.0 Å². The van der Waals surface area contributed by atoms with Crippen LogP contribution < -0.4 is 10.1 Å². The van der Waals surface area contributed by atoms with E-state index in [9.17, 15) is 9.59 Å². The van der Waals surface area contributed by atoms with Crippen LogP contribution in [0.4, 0.5) is 10.7 Å². The standard InChI is InChI=1S/C30H40N6O4/c1-30(2,3)40-29(38)35-16-12-23(13-17-35)36-25-20-26(39-19-18-34-14-8-5-9-15-34)31-21-24(25)32-28(36)33-27(37)22-10-6-4-7-11-22/h4,6-7,10-11,20-21,23H,5,8-9,12-19H2,1-3H3,(H,32,33,37). The first kappa shape index (κ1) is 27.9. The van der Waals surface area contributed by atoms with Crippen molar-refractivity contribution >= 4 is 29.0 Å². The number of fused-ring (bicyclic) bond motifs is 1. The topological polar surface area (TPSA) is 102 Å². The largest absolute Gasteiger partial charge is 0.476 e. The summed E-state index contributed by atoms with van der Waals surface area (Å²) in [6.45, 7) is 10.4. The summed E-state index contributed by atoms with van der Waals surface area (Å²) in [6, 6.07) is 11.0. The Hall–Kier alpha value is -3.66. The van der Waals surface area contributed by atoms with Gasteiger partial charge in [0.15, 0.2) is 0 Å². The van der Waals surface area contributed by atoms with Gasteiger partial charge in [-0.25, -0.2) is 14.8 Å². The number of carbonyl (C=O) groups excluding carboxylic acids is 2. The lowest BCUT2D eigenvalue weighted by atomic mass is 10.0. The second kappa shape index (κ2) is 12.2. The number of hydrogen-bond acceptors (Lipinski definition) is 7. The zero-order valence-corrected chi connectivity index (χ0v) is 23.8. The molecule has 2 aromatic heterocycles. The molecule has 2 amide bonds. The van der Waals surface area contributed by atoms with Crippen molar-refractivity contribution in [2.45, 2.75) is 64.5 Å². The van der Waals surface area contributed by atoms with E-state index in [1.165, 1.54) is 19.3 Å². The minimum atomic E-state index is -0.541. The normalized spacial score (nSPS) is 17.1. The zero-order valence-electron chi connectivity index (χ0n) is 23.8. The van der Waals surface area contributed by atoms with Gasteiger partial charge in [-0.05, 0) is 71.7 Å². The van der Waals surface area contributed by atoms with Gasteiger partial charge in [-0.3, -0.25) is 15.0 Å². The number of rotatable bonds is 7. The summed E-state index contributed by atoms with van der Waals surface area (Å²) in [5, 5.41) is 3.02. The Morgan fingerprint density at radius 3 is 2.45 bits per heavy atom. The first-order valence-electron chi connectivity index (χ1n) is 14.3. The fraction of sp³-hybridized carbons (Fsp3) is 0.533. The minimum Gasteiger partial charge on any atom is -0.476 e. The summed E-state index contributed by atoms with van der Waals surface area (Å²) in [4.78, 5) is 39.2. The van der Waals surface area contributed by atoms with E-state index < -0.39 is 5.60 Å². The highest BCUT2D eigenvalue weighted by molar-refractivity contribution is 6.04. The van der Waals surface area contributed by atoms with E-state index >= 15 is 0 Å². The fourth-order valence-electron chi connectivity index (χ4n) is 5.38. The van der Waals surface area contributed by atoms with Crippen LogP contribution in [-0.4, -0.2) is 81.3 Å². The van der Waals surface area contributed by atoms with Gasteiger partial charge in [0.2, 0.25) is 11.8 Å². The predicted octanol–water partition coefficient (Wildman–Crippen LogP) is 5.12. The number of pyridine rings is 1. The number of likely N-dealkylation sites (tertiary alicyclic amines) is 2. The number of nitrogens with one attached hydrogen (secondary N) is 1. The van der Waals surface area contributed by atoms with Gasteiger partial charge < -0.3 is 18.9 Å². The minimum absolute atomic E-state index is 0.0263. The fourth-order valence-corrected chi connectivity index (χ4v) is 5.38. The summed E-state index contributed by atoms with van der Waals surface area (Å²) in [5.74, 6) is 0.777. The van der Waals surface area contributed by atoms with Crippen LogP contribution in [0.1, 0.15) is 69.3 Å². The summed E-state index contributed by atoms with van der Waals surface area (Å²) in [7, 11) is 0. The second-order valence-electron chi connectivity index (χ2n) is 11.6. The monoisotopic (exact) mass is 548 g/mol. The molecular formula is C30H40N6O4. The highest BCUT2D eigenvalue weighted by Crippen LogP contribution is 2.33. The number of amides is 2. The average molecular weight is 549 g/mol. The Bertz CT molecular complexity index is 1300. The Morgan fingerprint density at radius 1 is 1.02 bits per heavy atom. The van der Waals surface area contributed by atoms with Crippen molar-refractivity contribution in [3.05, 3.63) is 48.2 Å². The van der Waals surface area contributed by atoms with Crippen LogP contribution in [0, 0.1) is 0 Å². The predicted molar refractivity (Wildman–Crippen MR) is 154 cm³/mol. The number of benzene rings is 1. The molecule has 0 aliphatic carbocycles. The number of aromatic nitrogens is 3. The summed E-state index contributed by atoms with van der Waals surface area (Å²) in [6.07, 6.45) is 6.60. The number of hydrogen-bond donors (Lipinski definition) is 1. The Kier molecular flexibility index (Phi) is 8.54. The number of anilines is 1. The maximum atomic E-state index is 13.1. The van der Waals surface area contributed by atoms with Gasteiger partial charge in [0.25, 0.3) is 5.91 Å². The van der Waals surface area contributed by atoms with Crippen LogP contribution in [-0.2, 0) is 4.74 Å². The molecule has 214 valence electrons. The molecule has 10 nitrogen and oxygen atoms in total. The highest BCUT2D eigenvalue weighted by Gasteiger charge is 2.30. The van der Waals surface area contributed by atoms with E-state index in [1.807, 2.05) is 45.0 Å². The van der Waals surface area contributed by atoms with Gasteiger partial charge >= 0.3 is 6.09 Å². The molecule has 2 aliphatic heterocycles. The van der Waals surface area contributed by atoms with Crippen molar-refractivity contribution in [3.63, 3.8) is 0 Å². The lowest BCUT2D eigenvalue weighted by molar-refractivity contribution is 0.0190. The van der Waals surface area contributed by atoms with Gasteiger partial charge in [-0.15, -0.1) is 0 Å². The van der Waals surface area contributed by atoms with Crippen LogP contribution in [0.15, 0.2) is 42.6 Å². The molecule has 2 fully saturated rings. The van der Waals surface area contributed by atoms with Gasteiger partial charge in [0.1, 0.15) is 17.7 Å². The van der Waals surface area contributed by atoms with Crippen molar-refractivity contribution in [1.29, 1.82) is 0 Å². The van der Waals surface area contributed by atoms with E-state index in [0.29, 0.717) is 55.4 Å². The summed E-state index contributed by atoms with van der Waals surface area (Å²) < 4.78 is 13.7. The third kappa shape index (κ3) is 6.91. The molecule has 0 spiro atoms. The van der Waals surface area contributed by atoms with E-state index in [0.717, 1.165) is 25.2 Å². The highest BCUT2D eigenvalue weighted by atomic mass is 16.6. The maximum absolute atomic E-state index is 13.1. The van der Waals surface area contributed by atoms with Crippen LogP contribution in [0.25, 0.3) is 11.0 Å². The SMILES string of the molecule is CC(C)(C)OC(=O)N1CCC(n2c(NC(=O)c3ccccc3)nc3cnc(OCCN4CCCCC4)cc32)CC1. The number of piperidine rings is 2. The van der Waals surface area contributed by atoms with Crippen LogP contribution >= 0.6 is 0 Å². The molecule has 0 radical (unpaired) electrons. The number of carbonyl (C=O) groups is 2. The molecule has 4 heterocycles. The van der Waals surface area contributed by atoms with E-state index in [1.54, 1.807) is 23.2 Å². The third-order valence-corrected chi connectivity index (χ3v) is 7.40. The maximum Gasteiger partial charge on any atom is 0.410 e. The zero-order chi connectivity index (χ0) is 28.1. The van der Waals surface area contributed by atoms with Gasteiger partial charge in [-0.2, -0.15) is 0 Å². The van der Waals surface area contributed by atoms with Crippen LogP contribution in [0.5, 0.6) is 5.88 Å². The quantitative estimate of drug-likeness (QED) is 0.437. The van der Waals surface area contributed by atoms with Gasteiger partial charge in [0, 0.05) is 37.3 Å². The van der Waals surface area contributed by atoms with Crippen molar-refractivity contribution in [1.82, 2.24) is 24.3 Å². The molecule has 0 atom stereocenters. The second-order valence-corrected chi connectivity index (χ2v) is 11.6. The Balaban J connectivity index is 1.36. The van der Waals surface area contributed by atoms with E-state index in [4.69, 9.17) is 14.5 Å². The van der Waals surface area contributed by atoms with Crippen molar-refractivity contribution in [2.75, 3.05) is 44.6 Å². The molecule has 2 aliphatic rings. The number of nitrogens with zero attached hydrogens (tertiary/aromatic N) is 5. The summed E-state index contributed by atoms with van der Waals surface area (Å²) in [5.41, 5.74) is 1.55. The molecule has 3 aromatic rings. The molecule has 40 heavy (non-hydrogen) atoms. The number of ether oxygens (including phenoxy) is 2. The smallest absolute Gasteiger partial charge is 0.410 e. The molecule has 0 saturated carbocycles. The van der Waals surface area contributed by atoms with Crippen LogP contribution in [0.2, 0.25) is 0 Å². The van der Waals surface area contributed by atoms with Gasteiger partial charge in [-0.1, -0.05) is 24.6 Å².